The smallest absolute Gasteiger partial charge is 0.407 e. The quantitative estimate of drug-likeness (QED) is 0.611. The first-order chi connectivity index (χ1) is 5.20. The van der Waals surface area contributed by atoms with Crippen LogP contribution in [0.25, 0.3) is 0 Å². The third-order valence-corrected chi connectivity index (χ3v) is 2.33. The molecule has 4 nitrogen and oxygen atoms in total. The fourth-order valence-electron chi connectivity index (χ4n) is 1.49. The molecule has 0 radical (unpaired) electrons. The molecule has 1 heterocycles. The fourth-order valence-corrected chi connectivity index (χ4v) is 1.49. The average molecular weight is 159 g/mol. The van der Waals surface area contributed by atoms with Gasteiger partial charge in [0.1, 0.15) is 0 Å². The molecule has 2 atom stereocenters. The highest BCUT2D eigenvalue weighted by Crippen LogP contribution is 2.26. The number of nitrogens with zero attached hydrogens (tertiary/aromatic N) is 1. The zero-order valence-electron chi connectivity index (χ0n) is 6.53. The molecule has 0 bridgehead atoms. The summed E-state index contributed by atoms with van der Waals surface area (Å²) in [5.74, 6) is 0.357. The first-order valence-corrected chi connectivity index (χ1v) is 3.81. The average Bonchev–Trinajstić information content (AvgIpc) is 1.86. The minimum Gasteiger partial charge on any atom is -0.465 e. The molecule has 0 spiro atoms. The zero-order valence-corrected chi connectivity index (χ0v) is 6.53. The first kappa shape index (κ1) is 8.33. The Bertz CT molecular complexity index is 160. The Balaban J connectivity index is 2.45. The van der Waals surface area contributed by atoms with Crippen molar-refractivity contribution >= 4 is 6.09 Å². The third kappa shape index (κ3) is 1.30. The molecule has 11 heavy (non-hydrogen) atoms. The van der Waals surface area contributed by atoms with Crippen LogP contribution in [0.1, 0.15) is 13.3 Å². The normalized spacial score (nSPS) is 29.8. The van der Waals surface area contributed by atoms with Gasteiger partial charge in [0.05, 0.1) is 12.6 Å². The number of amides is 1. The van der Waals surface area contributed by atoms with Crippen LogP contribution in [-0.2, 0) is 0 Å². The number of rotatable bonds is 2. The number of hydrogen-bond acceptors (Lipinski definition) is 2. The van der Waals surface area contributed by atoms with E-state index in [1.165, 1.54) is 4.90 Å². The lowest BCUT2D eigenvalue weighted by atomic mass is 9.87. The molecule has 1 saturated heterocycles. The Hall–Kier alpha value is -0.770. The Morgan fingerprint density at radius 2 is 2.36 bits per heavy atom. The lowest BCUT2D eigenvalue weighted by Crippen LogP contribution is -2.59. The second-order valence-electron chi connectivity index (χ2n) is 2.85. The van der Waals surface area contributed by atoms with Crippen molar-refractivity contribution in [2.24, 2.45) is 5.92 Å². The van der Waals surface area contributed by atoms with Gasteiger partial charge in [-0.05, 0) is 12.3 Å². The van der Waals surface area contributed by atoms with E-state index in [4.69, 9.17) is 10.2 Å². The molecular formula is C7H13NO3. The van der Waals surface area contributed by atoms with Crippen molar-refractivity contribution < 1.29 is 15.0 Å². The number of likely N-dealkylation sites (tertiary alicyclic amines) is 1. The summed E-state index contributed by atoms with van der Waals surface area (Å²) in [4.78, 5) is 11.7. The lowest BCUT2D eigenvalue weighted by molar-refractivity contribution is -0.00846. The summed E-state index contributed by atoms with van der Waals surface area (Å²) in [5, 5.41) is 17.4. The number of aliphatic hydroxyl groups is 1. The summed E-state index contributed by atoms with van der Waals surface area (Å²) in [5.41, 5.74) is 0. The molecule has 0 aromatic carbocycles. The Kier molecular flexibility index (Phi) is 2.34. The van der Waals surface area contributed by atoms with Crippen LogP contribution < -0.4 is 0 Å². The molecule has 1 amide bonds. The van der Waals surface area contributed by atoms with Crippen molar-refractivity contribution in [3.05, 3.63) is 0 Å². The maximum atomic E-state index is 10.4. The first-order valence-electron chi connectivity index (χ1n) is 3.81. The highest BCUT2D eigenvalue weighted by Gasteiger charge is 2.39. The van der Waals surface area contributed by atoms with Crippen molar-refractivity contribution in [2.75, 3.05) is 13.2 Å². The highest BCUT2D eigenvalue weighted by atomic mass is 16.4. The lowest BCUT2D eigenvalue weighted by Gasteiger charge is -2.45. The molecule has 2 N–H and O–H groups in total. The fraction of sp³-hybridized carbons (Fsp3) is 0.857. The number of carboxylic acid groups (broad SMARTS) is 1. The summed E-state index contributed by atoms with van der Waals surface area (Å²) >= 11 is 0. The summed E-state index contributed by atoms with van der Waals surface area (Å²) in [6.45, 7) is 2.54. The second-order valence-corrected chi connectivity index (χ2v) is 2.85. The van der Waals surface area contributed by atoms with Gasteiger partial charge in [-0.3, -0.25) is 0 Å². The second kappa shape index (κ2) is 3.09. The van der Waals surface area contributed by atoms with Gasteiger partial charge in [0.15, 0.2) is 0 Å². The van der Waals surface area contributed by atoms with Crippen molar-refractivity contribution in [3.63, 3.8) is 0 Å². The largest absolute Gasteiger partial charge is 0.465 e. The number of carbonyl (C=O) groups is 1. The minimum absolute atomic E-state index is 0.0508. The van der Waals surface area contributed by atoms with Gasteiger partial charge in [-0.2, -0.15) is 0 Å². The van der Waals surface area contributed by atoms with Crippen LogP contribution in [0.4, 0.5) is 4.79 Å². The Morgan fingerprint density at radius 3 is 2.73 bits per heavy atom. The highest BCUT2D eigenvalue weighted by molar-refractivity contribution is 5.66. The van der Waals surface area contributed by atoms with E-state index in [0.29, 0.717) is 12.5 Å². The van der Waals surface area contributed by atoms with Gasteiger partial charge in [-0.1, -0.05) is 6.92 Å². The van der Waals surface area contributed by atoms with Gasteiger partial charge in [-0.25, -0.2) is 4.79 Å². The van der Waals surface area contributed by atoms with E-state index in [-0.39, 0.29) is 12.6 Å². The summed E-state index contributed by atoms with van der Waals surface area (Å²) < 4.78 is 0. The Morgan fingerprint density at radius 1 is 1.73 bits per heavy atom. The summed E-state index contributed by atoms with van der Waals surface area (Å²) in [6.07, 6.45) is 0.0170. The molecule has 1 aliphatic rings. The van der Waals surface area contributed by atoms with Crippen LogP contribution in [-0.4, -0.2) is 40.4 Å². The molecule has 0 aromatic heterocycles. The van der Waals surface area contributed by atoms with Crippen molar-refractivity contribution in [1.82, 2.24) is 4.90 Å². The van der Waals surface area contributed by atoms with Crippen LogP contribution in [0.15, 0.2) is 0 Å². The molecule has 64 valence electrons. The molecule has 0 aliphatic carbocycles. The standard InChI is InChI=1S/C7H13NO3/c1-2-5-3-8(7(10)11)6(5)4-9/h5-6,9H,2-4H2,1H3,(H,10,11)/t5-,6-/m1/s1. The molecule has 0 unspecified atom stereocenters. The maximum Gasteiger partial charge on any atom is 0.407 e. The van der Waals surface area contributed by atoms with E-state index in [0.717, 1.165) is 6.42 Å². The van der Waals surface area contributed by atoms with Gasteiger partial charge in [0.2, 0.25) is 0 Å². The van der Waals surface area contributed by atoms with Gasteiger partial charge < -0.3 is 15.1 Å². The van der Waals surface area contributed by atoms with E-state index < -0.39 is 6.09 Å². The van der Waals surface area contributed by atoms with Crippen molar-refractivity contribution in [3.8, 4) is 0 Å². The van der Waals surface area contributed by atoms with Crippen LogP contribution >= 0.6 is 0 Å². The Labute approximate surface area is 65.4 Å². The van der Waals surface area contributed by atoms with Gasteiger partial charge in [-0.15, -0.1) is 0 Å². The van der Waals surface area contributed by atoms with E-state index in [1.54, 1.807) is 0 Å². The summed E-state index contributed by atoms with van der Waals surface area (Å²) in [7, 11) is 0. The zero-order chi connectivity index (χ0) is 8.43. The van der Waals surface area contributed by atoms with E-state index in [1.807, 2.05) is 6.92 Å². The topological polar surface area (TPSA) is 60.8 Å². The van der Waals surface area contributed by atoms with Crippen LogP contribution in [0.3, 0.4) is 0 Å². The predicted octanol–water partition coefficient (Wildman–Crippen LogP) is 0.367. The molecule has 1 rings (SSSR count). The minimum atomic E-state index is -0.922. The van der Waals surface area contributed by atoms with Crippen LogP contribution in [0.2, 0.25) is 0 Å². The molecule has 1 fully saturated rings. The van der Waals surface area contributed by atoms with Gasteiger partial charge in [0.25, 0.3) is 0 Å². The van der Waals surface area contributed by atoms with Gasteiger partial charge >= 0.3 is 6.09 Å². The van der Waals surface area contributed by atoms with Gasteiger partial charge in [0, 0.05) is 6.54 Å². The van der Waals surface area contributed by atoms with E-state index in [2.05, 4.69) is 0 Å². The molecule has 1 aliphatic heterocycles. The van der Waals surface area contributed by atoms with E-state index >= 15 is 0 Å². The molecular weight excluding hydrogens is 146 g/mol. The third-order valence-electron chi connectivity index (χ3n) is 2.33. The SMILES string of the molecule is CC[C@@H]1CN(C(=O)O)[C@@H]1CO. The number of aliphatic hydroxyl groups excluding tert-OH is 1. The molecule has 0 aromatic rings. The van der Waals surface area contributed by atoms with Crippen molar-refractivity contribution in [2.45, 2.75) is 19.4 Å². The van der Waals surface area contributed by atoms with E-state index in [9.17, 15) is 4.79 Å². The van der Waals surface area contributed by atoms with Crippen LogP contribution in [0.5, 0.6) is 0 Å². The predicted molar refractivity (Wildman–Crippen MR) is 39.4 cm³/mol. The number of hydrogen-bond donors (Lipinski definition) is 2. The van der Waals surface area contributed by atoms with Crippen LogP contribution in [0, 0.1) is 5.92 Å². The monoisotopic (exact) mass is 159 g/mol. The maximum absolute atomic E-state index is 10.4. The van der Waals surface area contributed by atoms with Crippen molar-refractivity contribution in [1.29, 1.82) is 0 Å². The molecule has 4 heteroatoms. The molecule has 0 saturated carbocycles. The summed E-state index contributed by atoms with van der Waals surface area (Å²) in [6, 6.07) is -0.155.